The van der Waals surface area contributed by atoms with E-state index in [2.05, 4.69) is 25.6 Å². The van der Waals surface area contributed by atoms with E-state index in [9.17, 15) is 4.79 Å². The number of hydrogen-bond acceptors (Lipinski definition) is 6. The van der Waals surface area contributed by atoms with Crippen molar-refractivity contribution in [2.45, 2.75) is 20.3 Å². The van der Waals surface area contributed by atoms with Crippen LogP contribution in [0.1, 0.15) is 27.3 Å². The van der Waals surface area contributed by atoms with E-state index < -0.39 is 0 Å². The SMILES string of the molecule is CCc1nc(C)c(C(=O)NCCNc2ncccn2)s1. The highest BCUT2D eigenvalue weighted by Gasteiger charge is 2.13. The molecule has 0 aromatic carbocycles. The normalized spacial score (nSPS) is 10.3. The van der Waals surface area contributed by atoms with Crippen LogP contribution in [0.15, 0.2) is 18.5 Å². The van der Waals surface area contributed by atoms with E-state index in [1.807, 2.05) is 13.8 Å². The van der Waals surface area contributed by atoms with Crippen LogP contribution in [0.2, 0.25) is 0 Å². The lowest BCUT2D eigenvalue weighted by Crippen LogP contribution is -2.28. The highest BCUT2D eigenvalue weighted by atomic mass is 32.1. The third kappa shape index (κ3) is 3.74. The second-order valence-corrected chi connectivity index (χ2v) is 5.21. The van der Waals surface area contributed by atoms with Gasteiger partial charge in [-0.3, -0.25) is 4.79 Å². The largest absolute Gasteiger partial charge is 0.352 e. The number of thiazole rings is 1. The molecule has 2 rings (SSSR count). The van der Waals surface area contributed by atoms with Crippen molar-refractivity contribution >= 4 is 23.2 Å². The van der Waals surface area contributed by atoms with Crippen LogP contribution >= 0.6 is 11.3 Å². The van der Waals surface area contributed by atoms with Crippen molar-refractivity contribution < 1.29 is 4.79 Å². The Morgan fingerprint density at radius 2 is 2.05 bits per heavy atom. The van der Waals surface area contributed by atoms with Gasteiger partial charge in [0.05, 0.1) is 10.7 Å². The molecule has 0 saturated heterocycles. The highest BCUT2D eigenvalue weighted by molar-refractivity contribution is 7.13. The van der Waals surface area contributed by atoms with Gasteiger partial charge in [0.25, 0.3) is 5.91 Å². The molecular formula is C13H17N5OS. The molecule has 0 atom stereocenters. The molecule has 0 aliphatic heterocycles. The van der Waals surface area contributed by atoms with Gasteiger partial charge in [-0.15, -0.1) is 11.3 Å². The summed E-state index contributed by atoms with van der Waals surface area (Å²) in [5.41, 5.74) is 0.795. The van der Waals surface area contributed by atoms with Crippen molar-refractivity contribution in [3.63, 3.8) is 0 Å². The Morgan fingerprint density at radius 1 is 1.30 bits per heavy atom. The number of nitrogens with one attached hydrogen (secondary N) is 2. The molecule has 2 N–H and O–H groups in total. The molecule has 2 aromatic rings. The lowest BCUT2D eigenvalue weighted by Gasteiger charge is -2.05. The monoisotopic (exact) mass is 291 g/mol. The summed E-state index contributed by atoms with van der Waals surface area (Å²) in [6.45, 7) is 4.98. The maximum Gasteiger partial charge on any atom is 0.263 e. The van der Waals surface area contributed by atoms with Gasteiger partial charge < -0.3 is 10.6 Å². The number of hydrogen-bond donors (Lipinski definition) is 2. The fraction of sp³-hybridized carbons (Fsp3) is 0.385. The molecule has 0 bridgehead atoms. The number of rotatable bonds is 6. The van der Waals surface area contributed by atoms with E-state index in [1.54, 1.807) is 18.5 Å². The summed E-state index contributed by atoms with van der Waals surface area (Å²) in [6, 6.07) is 1.75. The van der Waals surface area contributed by atoms with E-state index in [1.165, 1.54) is 11.3 Å². The van der Waals surface area contributed by atoms with Crippen molar-refractivity contribution in [1.82, 2.24) is 20.3 Å². The van der Waals surface area contributed by atoms with Gasteiger partial charge in [-0.25, -0.2) is 15.0 Å². The number of amides is 1. The lowest BCUT2D eigenvalue weighted by atomic mass is 10.3. The predicted octanol–water partition coefficient (Wildman–Crippen LogP) is 1.65. The highest BCUT2D eigenvalue weighted by Crippen LogP contribution is 2.18. The maximum atomic E-state index is 12.0. The summed E-state index contributed by atoms with van der Waals surface area (Å²) in [6.07, 6.45) is 4.19. The van der Waals surface area contributed by atoms with E-state index in [-0.39, 0.29) is 5.91 Å². The molecule has 2 heterocycles. The maximum absolute atomic E-state index is 12.0. The summed E-state index contributed by atoms with van der Waals surface area (Å²) < 4.78 is 0. The van der Waals surface area contributed by atoms with Gasteiger partial charge in [0.1, 0.15) is 4.88 Å². The molecule has 0 aliphatic carbocycles. The molecule has 0 saturated carbocycles. The van der Waals surface area contributed by atoms with E-state index >= 15 is 0 Å². The summed E-state index contributed by atoms with van der Waals surface area (Å²) in [5, 5.41) is 6.88. The van der Waals surface area contributed by atoms with Crippen LogP contribution in [-0.2, 0) is 6.42 Å². The van der Waals surface area contributed by atoms with Gasteiger partial charge in [0.15, 0.2) is 0 Å². The smallest absolute Gasteiger partial charge is 0.263 e. The molecule has 2 aromatic heterocycles. The molecule has 106 valence electrons. The quantitative estimate of drug-likeness (QED) is 0.791. The molecular weight excluding hydrogens is 274 g/mol. The summed E-state index contributed by atoms with van der Waals surface area (Å²) in [7, 11) is 0. The molecule has 6 nitrogen and oxygen atoms in total. The third-order valence-corrected chi connectivity index (χ3v) is 3.91. The molecule has 0 spiro atoms. The Balaban J connectivity index is 1.79. The summed E-state index contributed by atoms with van der Waals surface area (Å²) in [4.78, 5) is 25.1. The second-order valence-electron chi connectivity index (χ2n) is 4.13. The number of nitrogens with zero attached hydrogens (tertiary/aromatic N) is 3. The Labute approximate surface area is 121 Å². The Kier molecular flexibility index (Phi) is 5.00. The van der Waals surface area contributed by atoms with Crippen molar-refractivity contribution in [1.29, 1.82) is 0 Å². The van der Waals surface area contributed by atoms with Gasteiger partial charge in [-0.2, -0.15) is 0 Å². The molecule has 0 fully saturated rings. The molecule has 20 heavy (non-hydrogen) atoms. The standard InChI is InChI=1S/C13H17N5OS/c1-3-10-18-9(2)11(20-10)12(19)14-7-8-17-13-15-5-4-6-16-13/h4-6H,3,7-8H2,1-2H3,(H,14,19)(H,15,16,17). The van der Waals surface area contributed by atoms with Crippen LogP contribution < -0.4 is 10.6 Å². The first kappa shape index (κ1) is 14.4. The van der Waals surface area contributed by atoms with Crippen molar-refractivity contribution in [2.75, 3.05) is 18.4 Å². The Bertz CT molecular complexity index is 569. The van der Waals surface area contributed by atoms with Gasteiger partial charge in [-0.1, -0.05) is 6.92 Å². The Hall–Kier alpha value is -2.02. The fourth-order valence-corrected chi connectivity index (χ4v) is 2.56. The number of aromatic nitrogens is 3. The first-order valence-corrected chi connectivity index (χ1v) is 7.27. The van der Waals surface area contributed by atoms with E-state index in [0.717, 1.165) is 17.1 Å². The van der Waals surface area contributed by atoms with Crippen LogP contribution in [0.4, 0.5) is 5.95 Å². The zero-order valence-corrected chi connectivity index (χ0v) is 12.3. The summed E-state index contributed by atoms with van der Waals surface area (Å²) >= 11 is 1.45. The fourth-order valence-electron chi connectivity index (χ4n) is 1.64. The topological polar surface area (TPSA) is 79.8 Å². The number of carbonyl (C=O) groups excluding carboxylic acids is 1. The van der Waals surface area contributed by atoms with Crippen molar-refractivity contribution in [2.24, 2.45) is 0 Å². The first-order valence-electron chi connectivity index (χ1n) is 6.46. The predicted molar refractivity (Wildman–Crippen MR) is 79.1 cm³/mol. The van der Waals surface area contributed by atoms with E-state index in [0.29, 0.717) is 23.9 Å². The first-order chi connectivity index (χ1) is 9.70. The van der Waals surface area contributed by atoms with Crippen LogP contribution in [0.3, 0.4) is 0 Å². The molecule has 0 radical (unpaired) electrons. The minimum absolute atomic E-state index is 0.0736. The van der Waals surface area contributed by atoms with Crippen molar-refractivity contribution in [3.05, 3.63) is 34.0 Å². The number of aryl methyl sites for hydroxylation is 2. The molecule has 1 amide bonds. The average Bonchev–Trinajstić information content (AvgIpc) is 2.86. The third-order valence-electron chi connectivity index (χ3n) is 2.61. The van der Waals surface area contributed by atoms with Crippen LogP contribution in [-0.4, -0.2) is 33.9 Å². The zero-order chi connectivity index (χ0) is 14.4. The van der Waals surface area contributed by atoms with Crippen molar-refractivity contribution in [3.8, 4) is 0 Å². The van der Waals surface area contributed by atoms with Crippen LogP contribution in [0.5, 0.6) is 0 Å². The minimum atomic E-state index is -0.0736. The number of anilines is 1. The molecule has 0 unspecified atom stereocenters. The van der Waals surface area contributed by atoms with Gasteiger partial charge >= 0.3 is 0 Å². The van der Waals surface area contributed by atoms with Crippen LogP contribution in [0.25, 0.3) is 0 Å². The number of carbonyl (C=O) groups is 1. The Morgan fingerprint density at radius 3 is 2.70 bits per heavy atom. The summed E-state index contributed by atoms with van der Waals surface area (Å²) in [5.74, 6) is 0.486. The van der Waals surface area contributed by atoms with Crippen LogP contribution in [0, 0.1) is 6.92 Å². The molecule has 0 aliphatic rings. The van der Waals surface area contributed by atoms with Gasteiger partial charge in [-0.05, 0) is 19.4 Å². The van der Waals surface area contributed by atoms with E-state index in [4.69, 9.17) is 0 Å². The van der Waals surface area contributed by atoms with Gasteiger partial charge in [0, 0.05) is 25.5 Å². The lowest BCUT2D eigenvalue weighted by molar-refractivity contribution is 0.0958. The van der Waals surface area contributed by atoms with Gasteiger partial charge in [0.2, 0.25) is 5.95 Å². The average molecular weight is 291 g/mol. The minimum Gasteiger partial charge on any atom is -0.352 e. The zero-order valence-electron chi connectivity index (χ0n) is 11.5. The molecule has 7 heteroatoms. The second kappa shape index (κ2) is 6.95.